The fraction of sp³-hybridized carbons (Fsp3) is 0.167. The van der Waals surface area contributed by atoms with E-state index in [1.165, 1.54) is 24.3 Å². The number of carbonyl (C=O) groups excluding carboxylic acids is 2. The summed E-state index contributed by atoms with van der Waals surface area (Å²) in [6.45, 7) is 1.90. The van der Waals surface area contributed by atoms with E-state index in [4.69, 9.17) is 23.8 Å². The number of nitrogens with zero attached hydrogens (tertiary/aromatic N) is 1. The molecule has 28 heavy (non-hydrogen) atoms. The van der Waals surface area contributed by atoms with Crippen molar-refractivity contribution in [2.45, 2.75) is 19.8 Å². The zero-order valence-electron chi connectivity index (χ0n) is 14.8. The Labute approximate surface area is 171 Å². The zero-order chi connectivity index (χ0) is 20.7. The minimum Gasteiger partial charge on any atom is -0.331 e. The molecule has 0 aliphatic carbocycles. The monoisotopic (exact) mass is 420 g/mol. The maximum atomic E-state index is 12.2. The van der Waals surface area contributed by atoms with Gasteiger partial charge in [-0.15, -0.1) is 0 Å². The van der Waals surface area contributed by atoms with Crippen LogP contribution in [0.4, 0.5) is 17.1 Å². The molecule has 0 aliphatic heterocycles. The van der Waals surface area contributed by atoms with Crippen LogP contribution in [-0.4, -0.2) is 21.9 Å². The molecule has 3 N–H and O–H groups in total. The highest BCUT2D eigenvalue weighted by atomic mass is 35.5. The summed E-state index contributed by atoms with van der Waals surface area (Å²) in [6.07, 6.45) is 1.12. The summed E-state index contributed by atoms with van der Waals surface area (Å²) >= 11 is 11.2. The normalized spacial score (nSPS) is 10.1. The maximum absolute atomic E-state index is 12.2. The number of non-ortho nitro benzene ring substituents is 1. The number of benzene rings is 2. The number of hydrogen-bond acceptors (Lipinski definition) is 5. The van der Waals surface area contributed by atoms with Crippen LogP contribution in [0.2, 0.25) is 5.02 Å². The molecule has 10 heteroatoms. The third-order valence-electron chi connectivity index (χ3n) is 3.54. The summed E-state index contributed by atoms with van der Waals surface area (Å²) in [5.41, 5.74) is 1.03. The highest BCUT2D eigenvalue weighted by Crippen LogP contribution is 2.25. The number of nitrogens with one attached hydrogen (secondary N) is 3. The highest BCUT2D eigenvalue weighted by Gasteiger charge is 2.12. The molecule has 0 atom stereocenters. The van der Waals surface area contributed by atoms with Crippen molar-refractivity contribution >= 4 is 57.8 Å². The van der Waals surface area contributed by atoms with Crippen molar-refractivity contribution in [1.29, 1.82) is 0 Å². The second kappa shape index (κ2) is 9.77. The van der Waals surface area contributed by atoms with Crippen molar-refractivity contribution in [3.05, 3.63) is 63.2 Å². The van der Waals surface area contributed by atoms with Crippen molar-refractivity contribution in [3.8, 4) is 0 Å². The van der Waals surface area contributed by atoms with Gasteiger partial charge in [0.15, 0.2) is 5.11 Å². The molecule has 0 saturated heterocycles. The minimum atomic E-state index is -0.553. The Hall–Kier alpha value is -3.04. The first-order valence-electron chi connectivity index (χ1n) is 8.26. The van der Waals surface area contributed by atoms with Crippen LogP contribution in [0.5, 0.6) is 0 Å². The Bertz CT molecular complexity index is 918. The highest BCUT2D eigenvalue weighted by molar-refractivity contribution is 7.80. The van der Waals surface area contributed by atoms with Gasteiger partial charge in [0, 0.05) is 29.8 Å². The first-order chi connectivity index (χ1) is 13.3. The number of nitro benzene ring substituents is 1. The van der Waals surface area contributed by atoms with E-state index >= 15 is 0 Å². The molecule has 0 aromatic heterocycles. The number of rotatable bonds is 6. The van der Waals surface area contributed by atoms with Crippen LogP contribution in [0, 0.1) is 10.1 Å². The van der Waals surface area contributed by atoms with Crippen LogP contribution in [0.1, 0.15) is 30.1 Å². The summed E-state index contributed by atoms with van der Waals surface area (Å²) in [4.78, 5) is 34.0. The van der Waals surface area contributed by atoms with E-state index in [9.17, 15) is 19.7 Å². The summed E-state index contributed by atoms with van der Waals surface area (Å²) in [6, 6.07) is 9.95. The van der Waals surface area contributed by atoms with E-state index < -0.39 is 10.8 Å². The summed E-state index contributed by atoms with van der Waals surface area (Å²) in [5.74, 6) is -0.652. The smallest absolute Gasteiger partial charge is 0.269 e. The van der Waals surface area contributed by atoms with Crippen LogP contribution in [0.15, 0.2) is 42.5 Å². The van der Waals surface area contributed by atoms with Gasteiger partial charge < -0.3 is 10.6 Å². The van der Waals surface area contributed by atoms with Crippen LogP contribution in [0.3, 0.4) is 0 Å². The predicted octanol–water partition coefficient (Wildman–Crippen LogP) is 4.11. The molecule has 2 aromatic carbocycles. The number of nitro groups is 1. The van der Waals surface area contributed by atoms with E-state index in [1.54, 1.807) is 18.2 Å². The summed E-state index contributed by atoms with van der Waals surface area (Å²) in [7, 11) is 0. The molecule has 0 unspecified atom stereocenters. The molecule has 0 aliphatic rings. The van der Waals surface area contributed by atoms with Crippen molar-refractivity contribution in [2.24, 2.45) is 0 Å². The Morgan fingerprint density at radius 2 is 1.82 bits per heavy atom. The van der Waals surface area contributed by atoms with Crippen LogP contribution < -0.4 is 16.0 Å². The molecular weight excluding hydrogens is 404 g/mol. The lowest BCUT2D eigenvalue weighted by molar-refractivity contribution is -0.384. The topological polar surface area (TPSA) is 113 Å². The number of amides is 2. The molecule has 0 spiro atoms. The van der Waals surface area contributed by atoms with Gasteiger partial charge in [-0.3, -0.25) is 25.0 Å². The lowest BCUT2D eigenvalue weighted by Gasteiger charge is -2.13. The third-order valence-corrected chi connectivity index (χ3v) is 4.08. The molecule has 2 aromatic rings. The molecule has 0 bridgehead atoms. The molecule has 0 heterocycles. The molecular formula is C18H17ClN4O4S. The van der Waals surface area contributed by atoms with E-state index in [0.29, 0.717) is 22.8 Å². The van der Waals surface area contributed by atoms with Gasteiger partial charge in [0.05, 0.1) is 15.6 Å². The molecule has 2 rings (SSSR count). The zero-order valence-corrected chi connectivity index (χ0v) is 16.4. The van der Waals surface area contributed by atoms with Crippen LogP contribution in [-0.2, 0) is 4.79 Å². The quantitative estimate of drug-likeness (QED) is 0.368. The second-order valence-electron chi connectivity index (χ2n) is 5.71. The molecule has 0 fully saturated rings. The van der Waals surface area contributed by atoms with Crippen molar-refractivity contribution in [3.63, 3.8) is 0 Å². The minimum absolute atomic E-state index is 0.0118. The average molecular weight is 421 g/mol. The number of thiocarbonyl (C=S) groups is 1. The lowest BCUT2D eigenvalue weighted by atomic mass is 10.2. The van der Waals surface area contributed by atoms with Gasteiger partial charge in [-0.2, -0.15) is 0 Å². The van der Waals surface area contributed by atoms with Crippen LogP contribution >= 0.6 is 23.8 Å². The Balaban J connectivity index is 2.02. The molecule has 146 valence electrons. The van der Waals surface area contributed by atoms with Gasteiger partial charge in [0.25, 0.3) is 11.6 Å². The van der Waals surface area contributed by atoms with E-state index in [1.807, 2.05) is 6.92 Å². The summed E-state index contributed by atoms with van der Waals surface area (Å²) < 4.78 is 0. The van der Waals surface area contributed by atoms with Gasteiger partial charge in [0.2, 0.25) is 5.91 Å². The molecule has 0 radical (unpaired) electrons. The molecule has 0 saturated carbocycles. The fourth-order valence-electron chi connectivity index (χ4n) is 2.21. The Morgan fingerprint density at radius 3 is 2.43 bits per heavy atom. The lowest BCUT2D eigenvalue weighted by Crippen LogP contribution is -2.34. The van der Waals surface area contributed by atoms with Crippen molar-refractivity contribution in [1.82, 2.24) is 5.32 Å². The van der Waals surface area contributed by atoms with Gasteiger partial charge in [-0.1, -0.05) is 18.5 Å². The van der Waals surface area contributed by atoms with E-state index in [2.05, 4.69) is 16.0 Å². The van der Waals surface area contributed by atoms with Gasteiger partial charge in [0.1, 0.15) is 0 Å². The standard InChI is InChI=1S/C18H17ClN4O4S/c1-2-3-16(24)20-12-6-9-14(19)15(10-12)21-18(28)22-17(25)11-4-7-13(8-5-11)23(26)27/h4-10H,2-3H2,1H3,(H,20,24)(H2,21,22,25,28). The average Bonchev–Trinajstić information content (AvgIpc) is 2.64. The number of halogens is 1. The van der Waals surface area contributed by atoms with Gasteiger partial charge in [-0.05, 0) is 49.0 Å². The predicted molar refractivity (Wildman–Crippen MR) is 112 cm³/mol. The second-order valence-corrected chi connectivity index (χ2v) is 6.52. The fourth-order valence-corrected chi connectivity index (χ4v) is 2.58. The SMILES string of the molecule is CCCC(=O)Nc1ccc(Cl)c(NC(=S)NC(=O)c2ccc([N+](=O)[O-])cc2)c1. The van der Waals surface area contributed by atoms with Gasteiger partial charge >= 0.3 is 0 Å². The molecule has 2 amide bonds. The summed E-state index contributed by atoms with van der Waals surface area (Å²) in [5, 5.41) is 19.0. The van der Waals surface area contributed by atoms with E-state index in [0.717, 1.165) is 6.42 Å². The van der Waals surface area contributed by atoms with Crippen molar-refractivity contribution in [2.75, 3.05) is 10.6 Å². The van der Waals surface area contributed by atoms with Crippen LogP contribution in [0.25, 0.3) is 0 Å². The first kappa shape index (κ1) is 21.3. The third kappa shape index (κ3) is 6.00. The van der Waals surface area contributed by atoms with E-state index in [-0.39, 0.29) is 22.3 Å². The number of hydrogen-bond donors (Lipinski definition) is 3. The molecule has 8 nitrogen and oxygen atoms in total. The number of carbonyl (C=O) groups is 2. The first-order valence-corrected chi connectivity index (χ1v) is 9.05. The van der Waals surface area contributed by atoms with Gasteiger partial charge in [-0.25, -0.2) is 0 Å². The Kier molecular flexibility index (Phi) is 7.42. The Morgan fingerprint density at radius 1 is 1.14 bits per heavy atom. The van der Waals surface area contributed by atoms with Crippen molar-refractivity contribution < 1.29 is 14.5 Å². The number of anilines is 2. The largest absolute Gasteiger partial charge is 0.331 e. The maximum Gasteiger partial charge on any atom is 0.269 e.